The summed E-state index contributed by atoms with van der Waals surface area (Å²) in [5, 5.41) is 0.831. The Morgan fingerprint density at radius 2 is 1.87 bits per heavy atom. The van der Waals surface area contributed by atoms with Gasteiger partial charge in [0.2, 0.25) is 0 Å². The second kappa shape index (κ2) is 3.19. The van der Waals surface area contributed by atoms with Gasteiger partial charge in [-0.1, -0.05) is 0 Å². The van der Waals surface area contributed by atoms with Crippen LogP contribution in [0.2, 0.25) is 0 Å². The van der Waals surface area contributed by atoms with E-state index >= 15 is 0 Å². The van der Waals surface area contributed by atoms with E-state index in [-0.39, 0.29) is 5.82 Å². The zero-order valence-electron chi connectivity index (χ0n) is 9.06. The van der Waals surface area contributed by atoms with Crippen molar-refractivity contribution in [2.45, 2.75) is 20.8 Å². The molecule has 15 heavy (non-hydrogen) atoms. The van der Waals surface area contributed by atoms with E-state index in [9.17, 15) is 4.39 Å². The largest absolute Gasteiger partial charge is 0.398 e. The summed E-state index contributed by atoms with van der Waals surface area (Å²) in [6.45, 7) is 5.53. The number of benzene rings is 1. The molecule has 0 atom stereocenters. The van der Waals surface area contributed by atoms with E-state index in [1.807, 2.05) is 13.8 Å². The standard InChI is InChI=1S/C12H13FN2/c1-6-4-9-11(5-10(6)13)15-8(3)7(2)12(9)14/h4-5H,1-3H3,(H2,14,15). The molecule has 0 spiro atoms. The van der Waals surface area contributed by atoms with Crippen LogP contribution in [0.5, 0.6) is 0 Å². The molecular weight excluding hydrogens is 191 g/mol. The highest BCUT2D eigenvalue weighted by Crippen LogP contribution is 2.26. The molecule has 0 saturated carbocycles. The van der Waals surface area contributed by atoms with Crippen molar-refractivity contribution in [1.82, 2.24) is 4.98 Å². The Kier molecular flexibility index (Phi) is 2.11. The van der Waals surface area contributed by atoms with Gasteiger partial charge < -0.3 is 5.73 Å². The lowest BCUT2D eigenvalue weighted by Gasteiger charge is -2.09. The van der Waals surface area contributed by atoms with Crippen molar-refractivity contribution in [2.24, 2.45) is 0 Å². The average molecular weight is 204 g/mol. The first-order valence-corrected chi connectivity index (χ1v) is 4.83. The van der Waals surface area contributed by atoms with Crippen LogP contribution in [0.15, 0.2) is 12.1 Å². The molecule has 1 heterocycles. The third-order valence-electron chi connectivity index (χ3n) is 2.80. The lowest BCUT2D eigenvalue weighted by atomic mass is 10.1. The smallest absolute Gasteiger partial charge is 0.128 e. The van der Waals surface area contributed by atoms with Crippen LogP contribution in [0, 0.1) is 26.6 Å². The highest BCUT2D eigenvalue weighted by Gasteiger charge is 2.08. The van der Waals surface area contributed by atoms with Gasteiger partial charge >= 0.3 is 0 Å². The number of hydrogen-bond donors (Lipinski definition) is 1. The molecule has 1 aromatic carbocycles. The Labute approximate surface area is 87.9 Å². The summed E-state index contributed by atoms with van der Waals surface area (Å²) >= 11 is 0. The van der Waals surface area contributed by atoms with Gasteiger partial charge in [0.05, 0.1) is 5.52 Å². The Morgan fingerprint density at radius 1 is 1.20 bits per heavy atom. The summed E-state index contributed by atoms with van der Waals surface area (Å²) in [7, 11) is 0. The van der Waals surface area contributed by atoms with Gasteiger partial charge in [0.25, 0.3) is 0 Å². The van der Waals surface area contributed by atoms with Crippen LogP contribution in [-0.4, -0.2) is 4.98 Å². The second-order valence-corrected chi connectivity index (χ2v) is 3.85. The summed E-state index contributed by atoms with van der Waals surface area (Å²) in [6, 6.07) is 3.19. The Balaban J connectivity index is 2.93. The van der Waals surface area contributed by atoms with Crippen LogP contribution in [0.25, 0.3) is 10.9 Å². The number of hydrogen-bond acceptors (Lipinski definition) is 2. The number of rotatable bonds is 0. The summed E-state index contributed by atoms with van der Waals surface area (Å²) in [4.78, 5) is 4.32. The highest BCUT2D eigenvalue weighted by molar-refractivity contribution is 5.92. The lowest BCUT2D eigenvalue weighted by Crippen LogP contribution is -1.98. The molecule has 0 aliphatic carbocycles. The molecule has 0 unspecified atom stereocenters. The SMILES string of the molecule is Cc1cc2c(N)c(C)c(C)nc2cc1F. The molecule has 0 aliphatic heterocycles. The van der Waals surface area contributed by atoms with E-state index in [1.165, 1.54) is 6.07 Å². The predicted molar refractivity (Wildman–Crippen MR) is 60.3 cm³/mol. The molecular formula is C12H13FN2. The molecule has 2 aromatic rings. The van der Waals surface area contributed by atoms with Gasteiger partial charge in [-0.05, 0) is 38.0 Å². The first kappa shape index (κ1) is 9.90. The number of pyridine rings is 1. The van der Waals surface area contributed by atoms with Crippen molar-refractivity contribution in [3.05, 3.63) is 34.8 Å². The zero-order valence-corrected chi connectivity index (χ0v) is 9.06. The van der Waals surface area contributed by atoms with Crippen LogP contribution < -0.4 is 5.73 Å². The van der Waals surface area contributed by atoms with Crippen molar-refractivity contribution in [3.8, 4) is 0 Å². The number of anilines is 1. The monoisotopic (exact) mass is 204 g/mol. The van der Waals surface area contributed by atoms with Crippen LogP contribution in [-0.2, 0) is 0 Å². The number of fused-ring (bicyclic) bond motifs is 1. The average Bonchev–Trinajstić information content (AvgIpc) is 2.19. The van der Waals surface area contributed by atoms with Crippen molar-refractivity contribution >= 4 is 16.6 Å². The van der Waals surface area contributed by atoms with E-state index in [1.54, 1.807) is 13.0 Å². The molecule has 0 amide bonds. The molecule has 1 aromatic heterocycles. The normalized spacial score (nSPS) is 10.9. The van der Waals surface area contributed by atoms with Gasteiger partial charge in [-0.25, -0.2) is 4.39 Å². The number of nitrogens with zero attached hydrogens (tertiary/aromatic N) is 1. The first-order valence-electron chi connectivity index (χ1n) is 4.83. The third kappa shape index (κ3) is 1.44. The van der Waals surface area contributed by atoms with Crippen LogP contribution in [0.4, 0.5) is 10.1 Å². The fourth-order valence-electron chi connectivity index (χ4n) is 1.64. The number of nitrogen functional groups attached to an aromatic ring is 1. The number of nitrogens with two attached hydrogens (primary N) is 1. The van der Waals surface area contributed by atoms with E-state index in [4.69, 9.17) is 5.73 Å². The predicted octanol–water partition coefficient (Wildman–Crippen LogP) is 2.88. The minimum Gasteiger partial charge on any atom is -0.398 e. The van der Waals surface area contributed by atoms with Crippen molar-refractivity contribution in [3.63, 3.8) is 0 Å². The van der Waals surface area contributed by atoms with Gasteiger partial charge in [0, 0.05) is 22.8 Å². The Morgan fingerprint density at radius 3 is 2.53 bits per heavy atom. The van der Waals surface area contributed by atoms with Crippen LogP contribution in [0.1, 0.15) is 16.8 Å². The maximum absolute atomic E-state index is 13.3. The molecule has 2 nitrogen and oxygen atoms in total. The first-order chi connectivity index (χ1) is 7.00. The van der Waals surface area contributed by atoms with E-state index < -0.39 is 0 Å². The highest BCUT2D eigenvalue weighted by atomic mass is 19.1. The summed E-state index contributed by atoms with van der Waals surface area (Å²) in [5.74, 6) is -0.238. The lowest BCUT2D eigenvalue weighted by molar-refractivity contribution is 0.620. The third-order valence-corrected chi connectivity index (χ3v) is 2.80. The van der Waals surface area contributed by atoms with E-state index in [0.717, 1.165) is 16.6 Å². The summed E-state index contributed by atoms with van der Waals surface area (Å²) < 4.78 is 13.3. The molecule has 0 fully saturated rings. The number of aryl methyl sites for hydroxylation is 2. The van der Waals surface area contributed by atoms with Gasteiger partial charge in [-0.3, -0.25) is 4.98 Å². The fourth-order valence-corrected chi connectivity index (χ4v) is 1.64. The van der Waals surface area contributed by atoms with Crippen LogP contribution >= 0.6 is 0 Å². The maximum atomic E-state index is 13.3. The van der Waals surface area contributed by atoms with Gasteiger partial charge in [-0.2, -0.15) is 0 Å². The topological polar surface area (TPSA) is 38.9 Å². The van der Waals surface area contributed by atoms with Gasteiger partial charge in [-0.15, -0.1) is 0 Å². The minimum atomic E-state index is -0.238. The molecule has 3 heteroatoms. The Bertz CT molecular complexity index is 542. The van der Waals surface area contributed by atoms with Crippen molar-refractivity contribution < 1.29 is 4.39 Å². The fraction of sp³-hybridized carbons (Fsp3) is 0.250. The summed E-state index contributed by atoms with van der Waals surface area (Å²) in [5.41, 5.74) is 9.71. The minimum absolute atomic E-state index is 0.238. The molecule has 0 aliphatic rings. The summed E-state index contributed by atoms with van der Waals surface area (Å²) in [6.07, 6.45) is 0. The molecule has 2 rings (SSSR count). The van der Waals surface area contributed by atoms with E-state index in [2.05, 4.69) is 4.98 Å². The molecule has 2 N–H and O–H groups in total. The quantitative estimate of drug-likeness (QED) is 0.716. The van der Waals surface area contributed by atoms with E-state index in [0.29, 0.717) is 16.8 Å². The number of halogens is 1. The maximum Gasteiger partial charge on any atom is 0.128 e. The van der Waals surface area contributed by atoms with Crippen molar-refractivity contribution in [1.29, 1.82) is 0 Å². The zero-order chi connectivity index (χ0) is 11.2. The number of aromatic nitrogens is 1. The van der Waals surface area contributed by atoms with Crippen molar-refractivity contribution in [2.75, 3.05) is 5.73 Å². The molecule has 0 bridgehead atoms. The molecule has 0 radical (unpaired) electrons. The van der Waals surface area contributed by atoms with Crippen LogP contribution in [0.3, 0.4) is 0 Å². The Hall–Kier alpha value is -1.64. The molecule has 78 valence electrons. The molecule has 0 saturated heterocycles. The second-order valence-electron chi connectivity index (χ2n) is 3.85. The van der Waals surface area contributed by atoms with Gasteiger partial charge in [0.15, 0.2) is 0 Å². The van der Waals surface area contributed by atoms with Gasteiger partial charge in [0.1, 0.15) is 5.82 Å².